The average molecular weight is 244 g/mol. The van der Waals surface area contributed by atoms with Gasteiger partial charge in [-0.3, -0.25) is 4.79 Å². The van der Waals surface area contributed by atoms with Crippen molar-refractivity contribution in [2.75, 3.05) is 0 Å². The summed E-state index contributed by atoms with van der Waals surface area (Å²) in [6.07, 6.45) is 0.194. The maximum absolute atomic E-state index is 12.9. The standard InChI is InChI=1S/C12H15ClFNO/c1-7(2)12(15)11(16)6-8-3-4-10(14)9(13)5-8/h3-5,7,12H,6,15H2,1-2H3. The van der Waals surface area contributed by atoms with Crippen molar-refractivity contribution in [2.24, 2.45) is 11.7 Å². The highest BCUT2D eigenvalue weighted by Crippen LogP contribution is 2.17. The lowest BCUT2D eigenvalue weighted by molar-refractivity contribution is -0.120. The summed E-state index contributed by atoms with van der Waals surface area (Å²) in [6, 6.07) is 3.78. The zero-order valence-corrected chi connectivity index (χ0v) is 10.1. The van der Waals surface area contributed by atoms with Crippen LogP contribution in [-0.2, 0) is 11.2 Å². The van der Waals surface area contributed by atoms with Gasteiger partial charge >= 0.3 is 0 Å². The van der Waals surface area contributed by atoms with Crippen molar-refractivity contribution in [2.45, 2.75) is 26.3 Å². The van der Waals surface area contributed by atoms with Gasteiger partial charge in [-0.2, -0.15) is 0 Å². The van der Waals surface area contributed by atoms with Crippen LogP contribution in [0.3, 0.4) is 0 Å². The highest BCUT2D eigenvalue weighted by molar-refractivity contribution is 6.30. The fourth-order valence-electron chi connectivity index (χ4n) is 1.34. The third kappa shape index (κ3) is 3.29. The maximum Gasteiger partial charge on any atom is 0.154 e. The molecule has 2 N–H and O–H groups in total. The summed E-state index contributed by atoms with van der Waals surface area (Å²) < 4.78 is 12.9. The van der Waals surface area contributed by atoms with E-state index in [0.717, 1.165) is 0 Å². The number of hydrogen-bond donors (Lipinski definition) is 1. The van der Waals surface area contributed by atoms with Crippen LogP contribution in [0.5, 0.6) is 0 Å². The van der Waals surface area contributed by atoms with Gasteiger partial charge < -0.3 is 5.73 Å². The van der Waals surface area contributed by atoms with Crippen molar-refractivity contribution >= 4 is 17.4 Å². The highest BCUT2D eigenvalue weighted by atomic mass is 35.5. The quantitative estimate of drug-likeness (QED) is 0.883. The molecule has 0 saturated carbocycles. The molecule has 0 spiro atoms. The zero-order chi connectivity index (χ0) is 12.3. The molecule has 0 aliphatic heterocycles. The van der Waals surface area contributed by atoms with E-state index in [-0.39, 0.29) is 23.1 Å². The number of ketones is 1. The van der Waals surface area contributed by atoms with E-state index in [2.05, 4.69) is 0 Å². The molecule has 1 rings (SSSR count). The zero-order valence-electron chi connectivity index (χ0n) is 9.34. The van der Waals surface area contributed by atoms with Gasteiger partial charge in [0.25, 0.3) is 0 Å². The molecule has 0 amide bonds. The number of nitrogens with two attached hydrogens (primary N) is 1. The van der Waals surface area contributed by atoms with Crippen LogP contribution in [0.1, 0.15) is 19.4 Å². The summed E-state index contributed by atoms with van der Waals surface area (Å²) in [5.74, 6) is -0.438. The van der Waals surface area contributed by atoms with Crippen LogP contribution in [-0.4, -0.2) is 11.8 Å². The van der Waals surface area contributed by atoms with Crippen molar-refractivity contribution in [3.63, 3.8) is 0 Å². The number of halogens is 2. The Morgan fingerprint density at radius 2 is 2.12 bits per heavy atom. The van der Waals surface area contributed by atoms with Gasteiger partial charge in [0, 0.05) is 6.42 Å². The smallest absolute Gasteiger partial charge is 0.154 e. The number of benzene rings is 1. The predicted molar refractivity (Wildman–Crippen MR) is 62.9 cm³/mol. The van der Waals surface area contributed by atoms with Crippen LogP contribution in [0.15, 0.2) is 18.2 Å². The first kappa shape index (κ1) is 13.1. The van der Waals surface area contributed by atoms with Gasteiger partial charge in [-0.15, -0.1) is 0 Å². The number of rotatable bonds is 4. The van der Waals surface area contributed by atoms with E-state index in [1.165, 1.54) is 12.1 Å². The molecule has 4 heteroatoms. The maximum atomic E-state index is 12.9. The normalized spacial score (nSPS) is 12.9. The molecular formula is C12H15ClFNO. The fourth-order valence-corrected chi connectivity index (χ4v) is 1.54. The average Bonchev–Trinajstić information content (AvgIpc) is 2.22. The van der Waals surface area contributed by atoms with Crippen LogP contribution in [0.2, 0.25) is 5.02 Å². The molecule has 0 aliphatic rings. The van der Waals surface area contributed by atoms with Crippen LogP contribution in [0, 0.1) is 11.7 Å². The molecule has 0 aromatic heterocycles. The Balaban J connectivity index is 2.74. The van der Waals surface area contributed by atoms with Crippen LogP contribution in [0.25, 0.3) is 0 Å². The lowest BCUT2D eigenvalue weighted by Crippen LogP contribution is -2.36. The molecule has 0 heterocycles. The van der Waals surface area contributed by atoms with E-state index in [1.54, 1.807) is 6.07 Å². The van der Waals surface area contributed by atoms with Crippen molar-refractivity contribution < 1.29 is 9.18 Å². The Hall–Kier alpha value is -0.930. The van der Waals surface area contributed by atoms with E-state index < -0.39 is 11.9 Å². The summed E-state index contributed by atoms with van der Waals surface area (Å²) in [6.45, 7) is 3.78. The molecule has 0 aliphatic carbocycles. The molecule has 88 valence electrons. The van der Waals surface area contributed by atoms with E-state index in [4.69, 9.17) is 17.3 Å². The fraction of sp³-hybridized carbons (Fsp3) is 0.417. The number of Topliss-reactive ketones (excluding diaryl/α,β-unsaturated/α-hetero) is 1. The van der Waals surface area contributed by atoms with Gasteiger partial charge in [-0.05, 0) is 23.6 Å². The third-order valence-electron chi connectivity index (χ3n) is 2.45. The molecule has 0 radical (unpaired) electrons. The molecule has 1 unspecified atom stereocenters. The van der Waals surface area contributed by atoms with Crippen molar-refractivity contribution in [3.8, 4) is 0 Å². The van der Waals surface area contributed by atoms with Gasteiger partial charge in [0.05, 0.1) is 11.1 Å². The minimum absolute atomic E-state index is 0.0309. The van der Waals surface area contributed by atoms with Gasteiger partial charge in [0.1, 0.15) is 5.82 Å². The van der Waals surface area contributed by atoms with Crippen LogP contribution in [0.4, 0.5) is 4.39 Å². The predicted octanol–water partition coefficient (Wildman–Crippen LogP) is 2.57. The lowest BCUT2D eigenvalue weighted by atomic mass is 9.96. The van der Waals surface area contributed by atoms with Gasteiger partial charge in [-0.1, -0.05) is 31.5 Å². The molecule has 16 heavy (non-hydrogen) atoms. The Kier molecular flexibility index (Phi) is 4.44. The summed E-state index contributed by atoms with van der Waals surface area (Å²) >= 11 is 5.62. The molecule has 1 atom stereocenters. The topological polar surface area (TPSA) is 43.1 Å². The molecule has 1 aromatic rings. The Morgan fingerprint density at radius 3 is 2.62 bits per heavy atom. The Bertz CT molecular complexity index is 393. The van der Waals surface area contributed by atoms with Crippen LogP contribution >= 0.6 is 11.6 Å². The van der Waals surface area contributed by atoms with E-state index in [1.807, 2.05) is 13.8 Å². The highest BCUT2D eigenvalue weighted by Gasteiger charge is 2.17. The van der Waals surface area contributed by atoms with E-state index in [9.17, 15) is 9.18 Å². The van der Waals surface area contributed by atoms with Crippen molar-refractivity contribution in [1.29, 1.82) is 0 Å². The Morgan fingerprint density at radius 1 is 1.50 bits per heavy atom. The monoisotopic (exact) mass is 243 g/mol. The molecule has 1 aromatic carbocycles. The van der Waals surface area contributed by atoms with E-state index >= 15 is 0 Å². The number of carbonyl (C=O) groups excluding carboxylic acids is 1. The second kappa shape index (κ2) is 5.41. The summed E-state index contributed by atoms with van der Waals surface area (Å²) in [7, 11) is 0. The molecule has 0 fully saturated rings. The van der Waals surface area contributed by atoms with Crippen LogP contribution < -0.4 is 5.73 Å². The first-order valence-electron chi connectivity index (χ1n) is 5.14. The summed E-state index contributed by atoms with van der Waals surface area (Å²) in [5.41, 5.74) is 6.41. The second-order valence-corrected chi connectivity index (χ2v) is 4.57. The lowest BCUT2D eigenvalue weighted by Gasteiger charge is -2.14. The first-order valence-corrected chi connectivity index (χ1v) is 5.52. The van der Waals surface area contributed by atoms with Gasteiger partial charge in [0.2, 0.25) is 0 Å². The minimum atomic E-state index is -0.483. The van der Waals surface area contributed by atoms with E-state index in [0.29, 0.717) is 5.56 Å². The van der Waals surface area contributed by atoms with Crippen molar-refractivity contribution in [3.05, 3.63) is 34.6 Å². The van der Waals surface area contributed by atoms with Gasteiger partial charge in [0.15, 0.2) is 5.78 Å². The number of carbonyl (C=O) groups is 1. The Labute approximate surface area is 99.6 Å². The SMILES string of the molecule is CC(C)C(N)C(=O)Cc1ccc(F)c(Cl)c1. The second-order valence-electron chi connectivity index (χ2n) is 4.16. The molecular weight excluding hydrogens is 229 g/mol. The minimum Gasteiger partial charge on any atom is -0.321 e. The molecule has 2 nitrogen and oxygen atoms in total. The molecule has 0 saturated heterocycles. The first-order chi connectivity index (χ1) is 7.41. The van der Waals surface area contributed by atoms with Gasteiger partial charge in [-0.25, -0.2) is 4.39 Å². The van der Waals surface area contributed by atoms with Crippen molar-refractivity contribution in [1.82, 2.24) is 0 Å². The summed E-state index contributed by atoms with van der Waals surface area (Å²) in [5, 5.41) is 0.0309. The summed E-state index contributed by atoms with van der Waals surface area (Å²) in [4.78, 5) is 11.7. The largest absolute Gasteiger partial charge is 0.321 e. The number of hydrogen-bond acceptors (Lipinski definition) is 2. The molecule has 0 bridgehead atoms. The third-order valence-corrected chi connectivity index (χ3v) is 2.74.